The predicted molar refractivity (Wildman–Crippen MR) is 91.5 cm³/mol. The van der Waals surface area contributed by atoms with E-state index in [0.717, 1.165) is 11.4 Å². The molecule has 0 aliphatic heterocycles. The lowest BCUT2D eigenvalue weighted by molar-refractivity contribution is 0.0920. The first-order chi connectivity index (χ1) is 11.5. The van der Waals surface area contributed by atoms with E-state index in [-0.39, 0.29) is 18.4 Å². The van der Waals surface area contributed by atoms with Gasteiger partial charge in [-0.1, -0.05) is 0 Å². The lowest BCUT2D eigenvalue weighted by atomic mass is 10.1. The van der Waals surface area contributed by atoms with Gasteiger partial charge in [-0.15, -0.1) is 0 Å². The third-order valence-corrected chi connectivity index (χ3v) is 3.99. The van der Waals surface area contributed by atoms with Crippen molar-refractivity contribution in [1.29, 1.82) is 5.26 Å². The van der Waals surface area contributed by atoms with Gasteiger partial charge in [-0.05, 0) is 51.1 Å². The van der Waals surface area contributed by atoms with Crippen LogP contribution >= 0.6 is 0 Å². The minimum atomic E-state index is -0.0664. The largest absolute Gasteiger partial charge is 0.485 e. The topological polar surface area (TPSA) is 64.2 Å². The minimum Gasteiger partial charge on any atom is -0.485 e. The number of methoxy groups -OCH3 is 1. The number of carbonyl (C=O) groups is 1. The van der Waals surface area contributed by atoms with Gasteiger partial charge in [0, 0.05) is 24.1 Å². The van der Waals surface area contributed by atoms with Crippen molar-refractivity contribution in [2.24, 2.45) is 0 Å². The zero-order chi connectivity index (χ0) is 17.7. The molecule has 5 nitrogen and oxygen atoms in total. The van der Waals surface area contributed by atoms with Crippen LogP contribution in [-0.2, 0) is 4.74 Å². The van der Waals surface area contributed by atoms with E-state index in [0.29, 0.717) is 23.5 Å². The van der Waals surface area contributed by atoms with Crippen molar-refractivity contribution < 1.29 is 14.3 Å². The van der Waals surface area contributed by atoms with Gasteiger partial charge in [0.1, 0.15) is 5.75 Å². The number of hydrogen-bond donors (Lipinski definition) is 0. The Morgan fingerprint density at radius 3 is 2.54 bits per heavy atom. The van der Waals surface area contributed by atoms with Crippen molar-refractivity contribution in [2.45, 2.75) is 26.8 Å². The van der Waals surface area contributed by atoms with Crippen LogP contribution in [0.2, 0.25) is 0 Å². The van der Waals surface area contributed by atoms with E-state index >= 15 is 0 Å². The number of ether oxygens (including phenoxy) is 2. The van der Waals surface area contributed by atoms with Crippen LogP contribution in [0.3, 0.4) is 0 Å². The van der Waals surface area contributed by atoms with Gasteiger partial charge in [0.15, 0.2) is 6.61 Å². The molecule has 0 radical (unpaired) electrons. The number of nitrogens with zero attached hydrogens (tertiary/aromatic N) is 2. The fraction of sp³-hybridized carbons (Fsp3) is 0.368. The average Bonchev–Trinajstić information content (AvgIpc) is 2.88. The molecule has 0 saturated heterocycles. The summed E-state index contributed by atoms with van der Waals surface area (Å²) in [5.41, 5.74) is 3.18. The maximum absolute atomic E-state index is 12.5. The SMILES string of the molecule is COC[C@H](C)n1c(C)cc(C(=O)COc2ccc(C#N)cc2)c1C. The highest BCUT2D eigenvalue weighted by Gasteiger charge is 2.19. The minimum absolute atomic E-state index is 0.0329. The van der Waals surface area contributed by atoms with E-state index in [1.165, 1.54) is 0 Å². The van der Waals surface area contributed by atoms with Crippen LogP contribution in [0.5, 0.6) is 5.75 Å². The summed E-state index contributed by atoms with van der Waals surface area (Å²) in [4.78, 5) is 12.5. The van der Waals surface area contributed by atoms with Crippen molar-refractivity contribution in [2.75, 3.05) is 20.3 Å². The number of aromatic nitrogens is 1. The second-order valence-electron chi connectivity index (χ2n) is 5.81. The molecule has 0 bridgehead atoms. The zero-order valence-electron chi connectivity index (χ0n) is 14.5. The summed E-state index contributed by atoms with van der Waals surface area (Å²) < 4.78 is 12.9. The summed E-state index contributed by atoms with van der Waals surface area (Å²) in [5.74, 6) is 0.507. The third-order valence-electron chi connectivity index (χ3n) is 3.99. The van der Waals surface area contributed by atoms with Crippen LogP contribution in [0.4, 0.5) is 0 Å². The molecule has 0 fully saturated rings. The van der Waals surface area contributed by atoms with E-state index in [1.807, 2.05) is 26.0 Å². The second-order valence-corrected chi connectivity index (χ2v) is 5.81. The molecule has 0 saturated carbocycles. The van der Waals surface area contributed by atoms with Crippen molar-refractivity contribution in [3.8, 4) is 11.8 Å². The standard InChI is InChI=1S/C19H22N2O3/c1-13-9-18(15(3)21(13)14(2)11-23-4)19(22)12-24-17-7-5-16(10-20)6-8-17/h5-9,14H,11-12H2,1-4H3/t14-/m0/s1. The Kier molecular flexibility index (Phi) is 5.78. The fourth-order valence-corrected chi connectivity index (χ4v) is 2.91. The average molecular weight is 326 g/mol. The molecule has 126 valence electrons. The normalized spacial score (nSPS) is 11.8. The number of carbonyl (C=O) groups excluding carboxylic acids is 1. The van der Waals surface area contributed by atoms with Gasteiger partial charge in [-0.2, -0.15) is 5.26 Å². The Morgan fingerprint density at radius 1 is 1.29 bits per heavy atom. The summed E-state index contributed by atoms with van der Waals surface area (Å²) >= 11 is 0. The van der Waals surface area contributed by atoms with Gasteiger partial charge in [0.2, 0.25) is 5.78 Å². The highest BCUT2D eigenvalue weighted by molar-refractivity contribution is 5.98. The highest BCUT2D eigenvalue weighted by atomic mass is 16.5. The first-order valence-corrected chi connectivity index (χ1v) is 7.81. The molecule has 0 N–H and O–H groups in total. The van der Waals surface area contributed by atoms with Crippen LogP contribution in [0.15, 0.2) is 30.3 Å². The summed E-state index contributed by atoms with van der Waals surface area (Å²) in [6, 6.07) is 10.8. The molecular formula is C19H22N2O3. The van der Waals surface area contributed by atoms with Gasteiger partial charge in [-0.3, -0.25) is 4.79 Å². The number of hydrogen-bond acceptors (Lipinski definition) is 4. The van der Waals surface area contributed by atoms with Gasteiger partial charge in [0.05, 0.1) is 24.3 Å². The summed E-state index contributed by atoms with van der Waals surface area (Å²) in [6.07, 6.45) is 0. The molecule has 1 atom stereocenters. The van der Waals surface area contributed by atoms with Crippen LogP contribution in [0.25, 0.3) is 0 Å². The number of Topliss-reactive ketones (excluding diaryl/α,β-unsaturated/α-hetero) is 1. The molecule has 2 rings (SSSR count). The molecule has 1 aromatic heterocycles. The van der Waals surface area contributed by atoms with Crippen LogP contribution in [0.1, 0.15) is 40.3 Å². The number of aryl methyl sites for hydroxylation is 1. The molecule has 0 spiro atoms. The van der Waals surface area contributed by atoms with Crippen LogP contribution < -0.4 is 4.74 Å². The maximum Gasteiger partial charge on any atom is 0.202 e. The summed E-state index contributed by atoms with van der Waals surface area (Å²) in [5, 5.41) is 8.78. The molecule has 24 heavy (non-hydrogen) atoms. The number of nitriles is 1. The lowest BCUT2D eigenvalue weighted by Gasteiger charge is -2.17. The van der Waals surface area contributed by atoms with Gasteiger partial charge < -0.3 is 14.0 Å². The molecule has 0 aliphatic rings. The molecule has 0 amide bonds. The number of ketones is 1. The Labute approximate surface area is 142 Å². The van der Waals surface area contributed by atoms with E-state index in [2.05, 4.69) is 11.5 Å². The highest BCUT2D eigenvalue weighted by Crippen LogP contribution is 2.21. The van der Waals surface area contributed by atoms with E-state index in [9.17, 15) is 4.79 Å². The Hall–Kier alpha value is -2.58. The quantitative estimate of drug-likeness (QED) is 0.731. The van der Waals surface area contributed by atoms with Crippen molar-refractivity contribution in [1.82, 2.24) is 4.57 Å². The van der Waals surface area contributed by atoms with E-state index in [1.54, 1.807) is 31.4 Å². The van der Waals surface area contributed by atoms with Crippen LogP contribution in [-0.4, -0.2) is 30.7 Å². The molecule has 0 unspecified atom stereocenters. The summed E-state index contributed by atoms with van der Waals surface area (Å²) in [6.45, 7) is 6.54. The molecular weight excluding hydrogens is 304 g/mol. The molecule has 1 heterocycles. The van der Waals surface area contributed by atoms with Crippen molar-refractivity contribution in [3.63, 3.8) is 0 Å². The molecule has 2 aromatic rings. The number of rotatable bonds is 7. The zero-order valence-corrected chi connectivity index (χ0v) is 14.5. The maximum atomic E-state index is 12.5. The first-order valence-electron chi connectivity index (χ1n) is 7.81. The molecule has 1 aromatic carbocycles. The Bertz CT molecular complexity index is 754. The smallest absolute Gasteiger partial charge is 0.202 e. The van der Waals surface area contributed by atoms with E-state index in [4.69, 9.17) is 14.7 Å². The lowest BCUT2D eigenvalue weighted by Crippen LogP contribution is -2.16. The molecule has 5 heteroatoms. The molecule has 0 aliphatic carbocycles. The first kappa shape index (κ1) is 17.8. The monoisotopic (exact) mass is 326 g/mol. The number of benzene rings is 1. The third kappa shape index (κ3) is 3.84. The fourth-order valence-electron chi connectivity index (χ4n) is 2.91. The van der Waals surface area contributed by atoms with Crippen LogP contribution in [0, 0.1) is 25.2 Å². The van der Waals surface area contributed by atoms with Crippen molar-refractivity contribution in [3.05, 3.63) is 52.8 Å². The summed E-state index contributed by atoms with van der Waals surface area (Å²) in [7, 11) is 1.67. The Balaban J connectivity index is 2.09. The van der Waals surface area contributed by atoms with E-state index < -0.39 is 0 Å². The van der Waals surface area contributed by atoms with Gasteiger partial charge in [0.25, 0.3) is 0 Å². The van der Waals surface area contributed by atoms with Crippen molar-refractivity contribution >= 4 is 5.78 Å². The second kappa shape index (κ2) is 7.80. The predicted octanol–water partition coefficient (Wildman–Crippen LogP) is 3.45. The Morgan fingerprint density at radius 2 is 1.96 bits per heavy atom. The van der Waals surface area contributed by atoms with Gasteiger partial charge in [-0.25, -0.2) is 0 Å². The van der Waals surface area contributed by atoms with Gasteiger partial charge >= 0.3 is 0 Å².